The van der Waals surface area contributed by atoms with Gasteiger partial charge in [-0.2, -0.15) is 0 Å². The molecule has 2 aliphatic rings. The maximum atomic E-state index is 10.7. The number of fused-ring (bicyclic) bond motifs is 1. The molecule has 2 heterocycles. The van der Waals surface area contributed by atoms with Crippen molar-refractivity contribution >= 4 is 0 Å². The summed E-state index contributed by atoms with van der Waals surface area (Å²) in [6, 6.07) is 0. The van der Waals surface area contributed by atoms with Crippen LogP contribution in [0.15, 0.2) is 12.4 Å². The highest BCUT2D eigenvalue weighted by atomic mass is 16.5. The summed E-state index contributed by atoms with van der Waals surface area (Å²) < 4.78 is 5.02. The fourth-order valence-electron chi connectivity index (χ4n) is 3.71. The molecule has 1 saturated heterocycles. The predicted molar refractivity (Wildman–Crippen MR) is 79.5 cm³/mol. The first-order valence-electron chi connectivity index (χ1n) is 7.93. The van der Waals surface area contributed by atoms with Gasteiger partial charge in [-0.3, -0.25) is 4.90 Å². The van der Waals surface area contributed by atoms with Crippen molar-refractivity contribution in [2.45, 2.75) is 50.9 Å². The van der Waals surface area contributed by atoms with Crippen LogP contribution in [0, 0.1) is 5.92 Å². The third-order valence-electron chi connectivity index (χ3n) is 4.95. The molecule has 2 fully saturated rings. The van der Waals surface area contributed by atoms with Gasteiger partial charge in [0.1, 0.15) is 6.61 Å². The van der Waals surface area contributed by atoms with Crippen molar-refractivity contribution in [1.82, 2.24) is 14.9 Å². The monoisotopic (exact) mass is 291 g/mol. The molecule has 21 heavy (non-hydrogen) atoms. The minimum Gasteiger partial charge on any atom is -0.390 e. The van der Waals surface area contributed by atoms with E-state index in [-0.39, 0.29) is 0 Å². The number of aliphatic hydroxyl groups is 1. The van der Waals surface area contributed by atoms with Gasteiger partial charge >= 0.3 is 0 Å². The Morgan fingerprint density at radius 2 is 2.14 bits per heavy atom. The standard InChI is InChI=1S/C16H25N3O2/c1-21-12-15-17-8-13(9-18-15)10-19-7-6-16(20)5-3-2-4-14(16)11-19/h8-9,14,20H,2-7,10-12H2,1H3/t14-,16-/m0/s1. The van der Waals surface area contributed by atoms with Gasteiger partial charge in [0.05, 0.1) is 5.60 Å². The third kappa shape index (κ3) is 3.42. The maximum Gasteiger partial charge on any atom is 0.153 e. The molecule has 0 unspecified atom stereocenters. The molecule has 1 N–H and O–H groups in total. The predicted octanol–water partition coefficient (Wildman–Crippen LogP) is 1.75. The van der Waals surface area contributed by atoms with Crippen molar-refractivity contribution < 1.29 is 9.84 Å². The fourth-order valence-corrected chi connectivity index (χ4v) is 3.71. The molecule has 0 bridgehead atoms. The van der Waals surface area contributed by atoms with E-state index in [1.165, 1.54) is 12.8 Å². The van der Waals surface area contributed by atoms with Gasteiger partial charge in [0.15, 0.2) is 5.82 Å². The molecule has 0 spiro atoms. The highest BCUT2D eigenvalue weighted by molar-refractivity contribution is 5.06. The lowest BCUT2D eigenvalue weighted by Crippen LogP contribution is -2.52. The van der Waals surface area contributed by atoms with Gasteiger partial charge in [-0.05, 0) is 19.3 Å². The van der Waals surface area contributed by atoms with E-state index in [2.05, 4.69) is 14.9 Å². The van der Waals surface area contributed by atoms with Crippen LogP contribution in [0.4, 0.5) is 0 Å². The Bertz CT molecular complexity index is 465. The number of likely N-dealkylation sites (tertiary alicyclic amines) is 1. The van der Waals surface area contributed by atoms with Crippen LogP contribution in [0.2, 0.25) is 0 Å². The van der Waals surface area contributed by atoms with Crippen molar-refractivity contribution in [3.63, 3.8) is 0 Å². The Morgan fingerprint density at radius 1 is 1.33 bits per heavy atom. The van der Waals surface area contributed by atoms with E-state index >= 15 is 0 Å². The number of ether oxygens (including phenoxy) is 1. The quantitative estimate of drug-likeness (QED) is 0.916. The highest BCUT2D eigenvalue weighted by Crippen LogP contribution is 2.39. The molecule has 1 aromatic heterocycles. The van der Waals surface area contributed by atoms with Gasteiger partial charge < -0.3 is 9.84 Å². The first-order chi connectivity index (χ1) is 10.2. The number of nitrogens with zero attached hydrogens (tertiary/aromatic N) is 3. The first kappa shape index (κ1) is 14.9. The summed E-state index contributed by atoms with van der Waals surface area (Å²) in [5.41, 5.74) is 0.740. The Labute approximate surface area is 126 Å². The van der Waals surface area contributed by atoms with Crippen LogP contribution in [-0.4, -0.2) is 45.8 Å². The zero-order chi connectivity index (χ0) is 14.7. The molecule has 5 heteroatoms. The molecule has 0 radical (unpaired) electrons. The SMILES string of the molecule is COCc1ncc(CN2CC[C@@]3(O)CCCC[C@H]3C2)cn1. The van der Waals surface area contributed by atoms with Gasteiger partial charge in [0, 0.05) is 50.6 Å². The lowest BCUT2D eigenvalue weighted by molar-refractivity contribution is -0.0968. The molecular weight excluding hydrogens is 266 g/mol. The van der Waals surface area contributed by atoms with Crippen LogP contribution in [0.25, 0.3) is 0 Å². The minimum absolute atomic E-state index is 0.395. The molecule has 1 aliphatic heterocycles. The summed E-state index contributed by atoms with van der Waals surface area (Å²) in [4.78, 5) is 11.1. The summed E-state index contributed by atoms with van der Waals surface area (Å²) in [5.74, 6) is 1.16. The van der Waals surface area contributed by atoms with E-state index in [0.717, 1.165) is 50.3 Å². The van der Waals surface area contributed by atoms with Gasteiger partial charge in [-0.25, -0.2) is 9.97 Å². The van der Waals surface area contributed by atoms with Crippen LogP contribution >= 0.6 is 0 Å². The van der Waals surface area contributed by atoms with E-state index in [0.29, 0.717) is 12.5 Å². The fraction of sp³-hybridized carbons (Fsp3) is 0.750. The molecule has 1 aromatic rings. The number of hydrogen-bond acceptors (Lipinski definition) is 5. The number of rotatable bonds is 4. The molecular formula is C16H25N3O2. The van der Waals surface area contributed by atoms with Gasteiger partial charge in [-0.15, -0.1) is 0 Å². The normalized spacial score (nSPS) is 30.1. The minimum atomic E-state index is -0.395. The molecule has 3 rings (SSSR count). The van der Waals surface area contributed by atoms with E-state index < -0.39 is 5.60 Å². The van der Waals surface area contributed by atoms with Crippen molar-refractivity contribution in [3.05, 3.63) is 23.8 Å². The van der Waals surface area contributed by atoms with Crippen LogP contribution in [-0.2, 0) is 17.9 Å². The lowest BCUT2D eigenvalue weighted by atomic mass is 9.71. The number of piperidine rings is 1. The number of methoxy groups -OCH3 is 1. The van der Waals surface area contributed by atoms with Crippen LogP contribution < -0.4 is 0 Å². The molecule has 1 saturated carbocycles. The topological polar surface area (TPSA) is 58.5 Å². The number of aromatic nitrogens is 2. The maximum absolute atomic E-state index is 10.7. The highest BCUT2D eigenvalue weighted by Gasteiger charge is 2.42. The second-order valence-corrected chi connectivity index (χ2v) is 6.47. The average molecular weight is 291 g/mol. The average Bonchev–Trinajstić information content (AvgIpc) is 2.50. The van der Waals surface area contributed by atoms with E-state index in [1.54, 1.807) is 7.11 Å². The second-order valence-electron chi connectivity index (χ2n) is 6.47. The summed E-state index contributed by atoms with van der Waals surface area (Å²) in [6.07, 6.45) is 9.28. The Balaban J connectivity index is 1.58. The molecule has 2 atom stereocenters. The summed E-state index contributed by atoms with van der Waals surface area (Å²) in [7, 11) is 1.65. The smallest absolute Gasteiger partial charge is 0.153 e. The van der Waals surface area contributed by atoms with Crippen LogP contribution in [0.1, 0.15) is 43.5 Å². The van der Waals surface area contributed by atoms with Crippen molar-refractivity contribution in [2.75, 3.05) is 20.2 Å². The molecule has 1 aliphatic carbocycles. The van der Waals surface area contributed by atoms with Crippen molar-refractivity contribution in [2.24, 2.45) is 5.92 Å². The second kappa shape index (κ2) is 6.38. The first-order valence-corrected chi connectivity index (χ1v) is 7.93. The van der Waals surface area contributed by atoms with E-state index in [1.807, 2.05) is 12.4 Å². The molecule has 5 nitrogen and oxygen atoms in total. The summed E-state index contributed by atoms with van der Waals surface area (Å²) in [6.45, 7) is 3.29. The molecule has 116 valence electrons. The van der Waals surface area contributed by atoms with E-state index in [4.69, 9.17) is 4.74 Å². The Kier molecular flexibility index (Phi) is 4.52. The third-order valence-corrected chi connectivity index (χ3v) is 4.95. The van der Waals surface area contributed by atoms with Crippen LogP contribution in [0.5, 0.6) is 0 Å². The largest absolute Gasteiger partial charge is 0.390 e. The van der Waals surface area contributed by atoms with Crippen molar-refractivity contribution in [3.8, 4) is 0 Å². The zero-order valence-electron chi connectivity index (χ0n) is 12.8. The van der Waals surface area contributed by atoms with E-state index in [9.17, 15) is 5.11 Å². The van der Waals surface area contributed by atoms with Gasteiger partial charge in [0.2, 0.25) is 0 Å². The number of hydrogen-bond donors (Lipinski definition) is 1. The summed E-state index contributed by atoms with van der Waals surface area (Å²) >= 11 is 0. The molecule has 0 amide bonds. The summed E-state index contributed by atoms with van der Waals surface area (Å²) in [5, 5.41) is 10.7. The van der Waals surface area contributed by atoms with Gasteiger partial charge in [0.25, 0.3) is 0 Å². The zero-order valence-corrected chi connectivity index (χ0v) is 12.8. The van der Waals surface area contributed by atoms with Gasteiger partial charge in [-0.1, -0.05) is 12.8 Å². The lowest BCUT2D eigenvalue weighted by Gasteiger charge is -2.47. The Hall–Kier alpha value is -1.04. The van der Waals surface area contributed by atoms with Crippen LogP contribution in [0.3, 0.4) is 0 Å². The van der Waals surface area contributed by atoms with Crippen molar-refractivity contribution in [1.29, 1.82) is 0 Å². The Morgan fingerprint density at radius 3 is 2.90 bits per heavy atom. The molecule has 0 aromatic carbocycles.